The normalized spacial score (nSPS) is 11.8. The number of hydrogen-bond acceptors (Lipinski definition) is 5. The minimum Gasteiger partial charge on any atom is -0.327 e. The van der Waals surface area contributed by atoms with Gasteiger partial charge in [0.2, 0.25) is 5.16 Å². The maximum absolute atomic E-state index is 11.0. The maximum atomic E-state index is 11.0. The SMILES string of the molecule is O=[N+]([O-])c1ccc2nc(S(=O)(=O)Cl)[nH]c2c1. The van der Waals surface area contributed by atoms with E-state index in [9.17, 15) is 18.5 Å². The molecule has 2 aromatic rings. The van der Waals surface area contributed by atoms with Crippen LogP contribution in [0.5, 0.6) is 0 Å². The summed E-state index contributed by atoms with van der Waals surface area (Å²) in [4.78, 5) is 16.0. The number of fused-ring (bicyclic) bond motifs is 1. The molecule has 2 rings (SSSR count). The highest BCUT2D eigenvalue weighted by Gasteiger charge is 2.17. The first-order chi connectivity index (χ1) is 7.38. The molecule has 9 heteroatoms. The molecule has 0 radical (unpaired) electrons. The van der Waals surface area contributed by atoms with Gasteiger partial charge in [0, 0.05) is 22.8 Å². The van der Waals surface area contributed by atoms with Gasteiger partial charge >= 0.3 is 0 Å². The number of rotatable bonds is 2. The number of hydrogen-bond donors (Lipinski definition) is 1. The van der Waals surface area contributed by atoms with E-state index in [1.807, 2.05) is 0 Å². The third-order valence-electron chi connectivity index (χ3n) is 1.89. The Morgan fingerprint density at radius 2 is 2.12 bits per heavy atom. The summed E-state index contributed by atoms with van der Waals surface area (Å²) in [5.74, 6) is 0. The smallest absolute Gasteiger partial charge is 0.294 e. The Bertz CT molecular complexity index is 678. The number of benzene rings is 1. The Morgan fingerprint density at radius 3 is 2.69 bits per heavy atom. The average Bonchev–Trinajstić information content (AvgIpc) is 2.58. The Morgan fingerprint density at radius 1 is 1.44 bits per heavy atom. The van der Waals surface area contributed by atoms with Crippen LogP contribution >= 0.6 is 10.7 Å². The Labute approximate surface area is 93.6 Å². The molecule has 1 aromatic heterocycles. The van der Waals surface area contributed by atoms with E-state index in [-0.39, 0.29) is 11.2 Å². The van der Waals surface area contributed by atoms with Gasteiger partial charge < -0.3 is 4.98 Å². The summed E-state index contributed by atoms with van der Waals surface area (Å²) < 4.78 is 21.9. The lowest BCUT2D eigenvalue weighted by Gasteiger charge is -1.89. The van der Waals surface area contributed by atoms with E-state index in [4.69, 9.17) is 10.7 Å². The van der Waals surface area contributed by atoms with E-state index in [1.54, 1.807) is 0 Å². The minimum atomic E-state index is -3.96. The number of halogens is 1. The fourth-order valence-corrected chi connectivity index (χ4v) is 1.86. The van der Waals surface area contributed by atoms with Crippen molar-refractivity contribution >= 4 is 36.5 Å². The highest BCUT2D eigenvalue weighted by molar-refractivity contribution is 8.13. The fourth-order valence-electron chi connectivity index (χ4n) is 1.20. The van der Waals surface area contributed by atoms with Gasteiger partial charge in [0.05, 0.1) is 16.0 Å². The second-order valence-corrected chi connectivity index (χ2v) is 5.42. The summed E-state index contributed by atoms with van der Waals surface area (Å²) in [5, 5.41) is 10.0. The number of nitrogens with zero attached hydrogens (tertiary/aromatic N) is 2. The lowest BCUT2D eigenvalue weighted by atomic mass is 10.3. The second-order valence-electron chi connectivity index (χ2n) is 2.94. The molecule has 0 unspecified atom stereocenters. The molecular weight excluding hydrogens is 258 g/mol. The number of nitro benzene ring substituents is 1. The molecule has 1 aromatic carbocycles. The molecule has 16 heavy (non-hydrogen) atoms. The van der Waals surface area contributed by atoms with Gasteiger partial charge in [0.15, 0.2) is 0 Å². The number of nitrogens with one attached hydrogen (secondary N) is 1. The largest absolute Gasteiger partial charge is 0.327 e. The van der Waals surface area contributed by atoms with Crippen molar-refractivity contribution in [3.8, 4) is 0 Å². The first-order valence-electron chi connectivity index (χ1n) is 3.97. The van der Waals surface area contributed by atoms with E-state index in [0.717, 1.165) is 0 Å². The topological polar surface area (TPSA) is 106 Å². The molecule has 0 aliphatic rings. The van der Waals surface area contributed by atoms with Crippen LogP contribution in [0.4, 0.5) is 5.69 Å². The van der Waals surface area contributed by atoms with Gasteiger partial charge in [-0.25, -0.2) is 13.4 Å². The van der Waals surface area contributed by atoms with E-state index < -0.39 is 19.1 Å². The van der Waals surface area contributed by atoms with Gasteiger partial charge in [0.1, 0.15) is 0 Å². The minimum absolute atomic E-state index is 0.158. The summed E-state index contributed by atoms with van der Waals surface area (Å²) in [6, 6.07) is 3.76. The number of H-pyrrole nitrogens is 1. The van der Waals surface area contributed by atoms with Crippen LogP contribution < -0.4 is 0 Å². The van der Waals surface area contributed by atoms with Crippen molar-refractivity contribution in [2.75, 3.05) is 0 Å². The van der Waals surface area contributed by atoms with Crippen LogP contribution in [0, 0.1) is 10.1 Å². The van der Waals surface area contributed by atoms with E-state index >= 15 is 0 Å². The lowest BCUT2D eigenvalue weighted by molar-refractivity contribution is -0.384. The van der Waals surface area contributed by atoms with Gasteiger partial charge in [-0.2, -0.15) is 0 Å². The summed E-state index contributed by atoms with van der Waals surface area (Å²) >= 11 is 0. The van der Waals surface area contributed by atoms with Crippen molar-refractivity contribution in [1.82, 2.24) is 9.97 Å². The maximum Gasteiger partial charge on any atom is 0.294 e. The van der Waals surface area contributed by atoms with Crippen molar-refractivity contribution in [2.45, 2.75) is 5.16 Å². The zero-order valence-corrected chi connectivity index (χ0v) is 9.12. The number of aromatic amines is 1. The standard InChI is InChI=1S/C7H4ClN3O4S/c8-16(14,15)7-9-5-2-1-4(11(12)13)3-6(5)10-7/h1-3H,(H,9,10). The molecule has 1 heterocycles. The van der Waals surface area contributed by atoms with Crippen LogP contribution in [0.15, 0.2) is 23.4 Å². The highest BCUT2D eigenvalue weighted by atomic mass is 35.7. The van der Waals surface area contributed by atoms with Crippen LogP contribution in [0.25, 0.3) is 11.0 Å². The van der Waals surface area contributed by atoms with Gasteiger partial charge in [-0.3, -0.25) is 10.1 Å². The van der Waals surface area contributed by atoms with Gasteiger partial charge in [0.25, 0.3) is 14.7 Å². The number of nitro groups is 1. The number of non-ortho nitro benzene ring substituents is 1. The van der Waals surface area contributed by atoms with Gasteiger partial charge in [-0.15, -0.1) is 0 Å². The Balaban J connectivity index is 2.68. The fraction of sp³-hybridized carbons (Fsp3) is 0. The van der Waals surface area contributed by atoms with E-state index in [2.05, 4.69) is 9.97 Å². The van der Waals surface area contributed by atoms with Crippen molar-refractivity contribution < 1.29 is 13.3 Å². The molecule has 0 bridgehead atoms. The number of imidazole rings is 1. The summed E-state index contributed by atoms with van der Waals surface area (Å²) in [6.45, 7) is 0. The zero-order chi connectivity index (χ0) is 11.9. The average molecular weight is 262 g/mol. The Hall–Kier alpha value is -1.67. The molecule has 0 aliphatic carbocycles. The molecular formula is C7H4ClN3O4S. The van der Waals surface area contributed by atoms with E-state index in [0.29, 0.717) is 5.52 Å². The molecule has 0 saturated heterocycles. The summed E-state index contributed by atoms with van der Waals surface area (Å²) in [7, 11) is 1.11. The van der Waals surface area contributed by atoms with Crippen molar-refractivity contribution in [3.63, 3.8) is 0 Å². The first kappa shape index (κ1) is 10.8. The molecule has 0 saturated carbocycles. The van der Waals surface area contributed by atoms with Crippen molar-refractivity contribution in [2.24, 2.45) is 0 Å². The van der Waals surface area contributed by atoms with Crippen molar-refractivity contribution in [1.29, 1.82) is 0 Å². The second kappa shape index (κ2) is 3.42. The molecule has 7 nitrogen and oxygen atoms in total. The first-order valence-corrected chi connectivity index (χ1v) is 6.28. The molecule has 0 amide bonds. The predicted molar refractivity (Wildman–Crippen MR) is 55.8 cm³/mol. The molecule has 0 spiro atoms. The van der Waals surface area contributed by atoms with Gasteiger partial charge in [-0.05, 0) is 6.07 Å². The lowest BCUT2D eigenvalue weighted by Crippen LogP contribution is -1.92. The van der Waals surface area contributed by atoms with E-state index in [1.165, 1.54) is 18.2 Å². The van der Waals surface area contributed by atoms with Crippen molar-refractivity contribution in [3.05, 3.63) is 28.3 Å². The predicted octanol–water partition coefficient (Wildman–Crippen LogP) is 1.40. The quantitative estimate of drug-likeness (QED) is 0.499. The van der Waals surface area contributed by atoms with Crippen LogP contribution in [0.2, 0.25) is 0 Å². The number of aromatic nitrogens is 2. The summed E-state index contributed by atoms with van der Waals surface area (Å²) in [6.07, 6.45) is 0. The Kier molecular flexibility index (Phi) is 2.32. The molecule has 0 aliphatic heterocycles. The zero-order valence-electron chi connectivity index (χ0n) is 7.55. The van der Waals surface area contributed by atoms with Gasteiger partial charge in [-0.1, -0.05) is 0 Å². The molecule has 84 valence electrons. The molecule has 0 fully saturated rings. The molecule has 0 atom stereocenters. The van der Waals surface area contributed by atoms with Crippen LogP contribution in [0.1, 0.15) is 0 Å². The van der Waals surface area contributed by atoms with Crippen LogP contribution in [-0.4, -0.2) is 23.3 Å². The highest BCUT2D eigenvalue weighted by Crippen LogP contribution is 2.21. The monoisotopic (exact) mass is 261 g/mol. The van der Waals surface area contributed by atoms with Crippen LogP contribution in [0.3, 0.4) is 0 Å². The molecule has 1 N–H and O–H groups in total. The van der Waals surface area contributed by atoms with Crippen LogP contribution in [-0.2, 0) is 9.05 Å². The third-order valence-corrected chi connectivity index (χ3v) is 2.98. The summed E-state index contributed by atoms with van der Waals surface area (Å²) in [5.41, 5.74) is 0.382. The third kappa shape index (κ3) is 1.84.